The van der Waals surface area contributed by atoms with Crippen molar-refractivity contribution in [2.45, 2.75) is 31.5 Å². The van der Waals surface area contributed by atoms with Gasteiger partial charge in [0.25, 0.3) is 5.91 Å². The Kier molecular flexibility index (Phi) is 12.1. The maximum absolute atomic E-state index is 12.7. The highest BCUT2D eigenvalue weighted by Gasteiger charge is 2.22. The number of benzene rings is 4. The smallest absolute Gasteiger partial charge is 0.305 e. The molecule has 248 valence electrons. The van der Waals surface area contributed by atoms with E-state index in [1.807, 2.05) is 91.0 Å². The van der Waals surface area contributed by atoms with Crippen LogP contribution in [0.2, 0.25) is 0 Å². The second-order valence-corrected chi connectivity index (χ2v) is 11.4. The van der Waals surface area contributed by atoms with Gasteiger partial charge in [-0.25, -0.2) is 0 Å². The minimum absolute atomic E-state index is 0.0114. The predicted molar refractivity (Wildman–Crippen MR) is 182 cm³/mol. The monoisotopic (exact) mass is 649 g/mol. The van der Waals surface area contributed by atoms with E-state index in [4.69, 9.17) is 14.6 Å². The van der Waals surface area contributed by atoms with E-state index in [9.17, 15) is 19.8 Å². The van der Waals surface area contributed by atoms with Crippen LogP contribution in [0.4, 0.5) is 0 Å². The van der Waals surface area contributed by atoms with E-state index in [1.54, 1.807) is 24.4 Å². The van der Waals surface area contributed by atoms with E-state index >= 15 is 0 Å². The fourth-order valence-corrected chi connectivity index (χ4v) is 5.40. The fourth-order valence-electron chi connectivity index (χ4n) is 5.40. The van der Waals surface area contributed by atoms with Gasteiger partial charge in [0.2, 0.25) is 0 Å². The second kappa shape index (κ2) is 17.0. The van der Waals surface area contributed by atoms with Gasteiger partial charge in [-0.2, -0.15) is 0 Å². The van der Waals surface area contributed by atoms with E-state index in [-0.39, 0.29) is 32.2 Å². The molecule has 0 radical (unpaired) electrons. The molecule has 1 aromatic heterocycles. The van der Waals surface area contributed by atoms with E-state index < -0.39 is 18.0 Å². The molecule has 5 aromatic rings. The van der Waals surface area contributed by atoms with Crippen LogP contribution in [0.15, 0.2) is 115 Å². The van der Waals surface area contributed by atoms with Crippen molar-refractivity contribution in [1.29, 1.82) is 0 Å². The minimum Gasteiger partial charge on any atom is -0.491 e. The molecule has 0 fully saturated rings. The predicted octanol–water partition coefficient (Wildman–Crippen LogP) is 5.08. The Morgan fingerprint density at radius 3 is 2.27 bits per heavy atom. The Hall–Kier alpha value is -5.29. The molecule has 0 aliphatic rings. The first kappa shape index (κ1) is 34.1. The Labute approximate surface area is 279 Å². The van der Waals surface area contributed by atoms with Gasteiger partial charge in [0.05, 0.1) is 24.1 Å². The molecule has 0 aliphatic carbocycles. The summed E-state index contributed by atoms with van der Waals surface area (Å²) >= 11 is 0. The zero-order valence-electron chi connectivity index (χ0n) is 26.4. The summed E-state index contributed by atoms with van der Waals surface area (Å²) in [6, 6.07) is 33.5. The number of ether oxygens (including phenoxy) is 2. The second-order valence-electron chi connectivity index (χ2n) is 11.4. The van der Waals surface area contributed by atoms with Crippen LogP contribution in [0.3, 0.4) is 0 Å². The number of nitrogens with one attached hydrogen (secondary N) is 1. The van der Waals surface area contributed by atoms with Crippen LogP contribution >= 0.6 is 0 Å². The van der Waals surface area contributed by atoms with Crippen LogP contribution in [0, 0.1) is 0 Å². The molecule has 0 aliphatic heterocycles. The van der Waals surface area contributed by atoms with Crippen LogP contribution in [-0.4, -0.2) is 75.5 Å². The van der Waals surface area contributed by atoms with Gasteiger partial charge in [0.1, 0.15) is 30.0 Å². The molecule has 0 saturated carbocycles. The summed E-state index contributed by atoms with van der Waals surface area (Å²) in [7, 11) is 0. The lowest BCUT2D eigenvalue weighted by Gasteiger charge is -2.32. The van der Waals surface area contributed by atoms with Crippen molar-refractivity contribution in [2.24, 2.45) is 0 Å². The lowest BCUT2D eigenvalue weighted by molar-refractivity contribution is -0.136. The zero-order valence-corrected chi connectivity index (χ0v) is 26.4. The quantitative estimate of drug-likeness (QED) is 0.109. The molecule has 0 unspecified atom stereocenters. The van der Waals surface area contributed by atoms with Gasteiger partial charge < -0.3 is 30.1 Å². The lowest BCUT2D eigenvalue weighted by Crippen LogP contribution is -2.44. The number of pyridine rings is 1. The number of rotatable bonds is 17. The maximum Gasteiger partial charge on any atom is 0.305 e. The summed E-state index contributed by atoms with van der Waals surface area (Å²) in [5.41, 5.74) is 2.82. The third-order valence-electron chi connectivity index (χ3n) is 7.81. The third-order valence-corrected chi connectivity index (χ3v) is 7.81. The van der Waals surface area contributed by atoms with Crippen LogP contribution in [0.25, 0.3) is 10.9 Å². The van der Waals surface area contributed by atoms with E-state index in [2.05, 4.69) is 15.2 Å². The van der Waals surface area contributed by atoms with Crippen molar-refractivity contribution in [1.82, 2.24) is 15.2 Å². The standard InChI is InChI=1S/C38H39N3O7/c42-25-29(41(23-28-8-3-1-4-9-28)24-30(43)26-47-31-10-5-2-6-11-31)22-27-14-16-32(17-15-27)48-35-18-20-39-37-33(35)12-7-13-34(37)38(46)40-21-19-36(44)45/h1-18,20,29-30,42-43H,19,21-26H2,(H,40,46)(H,44,45)/t29-,30-/m0/s1. The molecule has 2 atom stereocenters. The number of hydrogen-bond acceptors (Lipinski definition) is 8. The zero-order chi connectivity index (χ0) is 33.7. The highest BCUT2D eigenvalue weighted by Crippen LogP contribution is 2.31. The van der Waals surface area contributed by atoms with E-state index in [1.165, 1.54) is 0 Å². The number of aliphatic hydroxyl groups excluding tert-OH is 2. The van der Waals surface area contributed by atoms with Gasteiger partial charge in [-0.3, -0.25) is 19.5 Å². The first-order valence-electron chi connectivity index (χ1n) is 15.8. The molecule has 0 spiro atoms. The summed E-state index contributed by atoms with van der Waals surface area (Å²) in [6.45, 7) is 0.886. The van der Waals surface area contributed by atoms with Gasteiger partial charge in [0, 0.05) is 37.3 Å². The molecule has 1 heterocycles. The van der Waals surface area contributed by atoms with Crippen molar-refractivity contribution < 1.29 is 34.4 Å². The average molecular weight is 650 g/mol. The van der Waals surface area contributed by atoms with Crippen LogP contribution in [0.1, 0.15) is 27.9 Å². The SMILES string of the molecule is O=C(O)CCNC(=O)c1cccc2c(Oc3ccc(C[C@@H](CO)N(Cc4ccccc4)C[C@H](O)COc4ccccc4)cc3)ccnc12. The number of para-hydroxylation sites is 2. The Morgan fingerprint density at radius 2 is 1.56 bits per heavy atom. The van der Waals surface area contributed by atoms with Crippen molar-refractivity contribution >= 4 is 22.8 Å². The number of nitrogens with zero attached hydrogens (tertiary/aromatic N) is 2. The molecule has 10 nitrogen and oxygen atoms in total. The Bertz CT molecular complexity index is 1770. The topological polar surface area (TPSA) is 141 Å². The van der Waals surface area contributed by atoms with Gasteiger partial charge in [0.15, 0.2) is 0 Å². The van der Waals surface area contributed by atoms with Crippen molar-refractivity contribution in [3.8, 4) is 17.2 Å². The summed E-state index contributed by atoms with van der Waals surface area (Å²) < 4.78 is 12.0. The molecule has 48 heavy (non-hydrogen) atoms. The van der Waals surface area contributed by atoms with Gasteiger partial charge >= 0.3 is 5.97 Å². The van der Waals surface area contributed by atoms with Crippen molar-refractivity contribution in [3.63, 3.8) is 0 Å². The molecule has 4 N–H and O–H groups in total. The molecule has 0 bridgehead atoms. The Morgan fingerprint density at radius 1 is 0.833 bits per heavy atom. The largest absolute Gasteiger partial charge is 0.491 e. The number of hydrogen-bond donors (Lipinski definition) is 4. The highest BCUT2D eigenvalue weighted by atomic mass is 16.5. The summed E-state index contributed by atoms with van der Waals surface area (Å²) in [5.74, 6) is 0.380. The van der Waals surface area contributed by atoms with Crippen LogP contribution < -0.4 is 14.8 Å². The number of aliphatic hydroxyl groups is 2. The average Bonchev–Trinajstić information content (AvgIpc) is 3.11. The first-order valence-corrected chi connectivity index (χ1v) is 15.8. The van der Waals surface area contributed by atoms with E-state index in [0.29, 0.717) is 53.2 Å². The van der Waals surface area contributed by atoms with Gasteiger partial charge in [-0.15, -0.1) is 0 Å². The Balaban J connectivity index is 1.26. The van der Waals surface area contributed by atoms with E-state index in [0.717, 1.165) is 11.1 Å². The molecular formula is C38H39N3O7. The number of fused-ring (bicyclic) bond motifs is 1. The number of aliphatic carboxylic acids is 1. The fraction of sp³-hybridized carbons (Fsp3) is 0.237. The number of carboxylic acids is 1. The maximum atomic E-state index is 12.7. The molecule has 0 saturated heterocycles. The van der Waals surface area contributed by atoms with Crippen molar-refractivity contribution in [3.05, 3.63) is 132 Å². The first-order chi connectivity index (χ1) is 23.4. The number of carbonyl (C=O) groups excluding carboxylic acids is 1. The van der Waals surface area contributed by atoms with Crippen molar-refractivity contribution in [2.75, 3.05) is 26.3 Å². The normalized spacial score (nSPS) is 12.4. The summed E-state index contributed by atoms with van der Waals surface area (Å²) in [4.78, 5) is 30.0. The highest BCUT2D eigenvalue weighted by molar-refractivity contribution is 6.06. The molecule has 1 amide bonds. The van der Waals surface area contributed by atoms with Crippen LogP contribution in [-0.2, 0) is 17.8 Å². The lowest BCUT2D eigenvalue weighted by atomic mass is 10.0. The molecule has 10 heteroatoms. The third kappa shape index (κ3) is 9.62. The van der Waals surface area contributed by atoms with Gasteiger partial charge in [-0.1, -0.05) is 66.7 Å². The number of carboxylic acid groups (broad SMARTS) is 1. The number of aromatic nitrogens is 1. The number of carbonyl (C=O) groups is 2. The molecular weight excluding hydrogens is 610 g/mol. The summed E-state index contributed by atoms with van der Waals surface area (Å²) in [6.07, 6.45) is 1.15. The van der Waals surface area contributed by atoms with Gasteiger partial charge in [-0.05, 0) is 60.0 Å². The molecule has 4 aromatic carbocycles. The minimum atomic E-state index is -0.993. The van der Waals surface area contributed by atoms with Crippen LogP contribution in [0.5, 0.6) is 17.2 Å². The summed E-state index contributed by atoms with van der Waals surface area (Å²) in [5, 5.41) is 33.5. The number of amides is 1. The molecule has 5 rings (SSSR count).